The number of rotatable bonds is 6. The Balaban J connectivity index is 1.36. The number of carbonyl (C=O) groups excluding carboxylic acids is 2. The summed E-state index contributed by atoms with van der Waals surface area (Å²) >= 11 is 0. The molecule has 1 aliphatic rings. The Labute approximate surface area is 179 Å². The monoisotopic (exact) mass is 412 g/mol. The second kappa shape index (κ2) is 7.99. The average molecular weight is 412 g/mol. The number of nitrogens with zero attached hydrogens (tertiary/aromatic N) is 1. The molecule has 0 radical (unpaired) electrons. The van der Waals surface area contributed by atoms with Crippen molar-refractivity contribution in [3.63, 3.8) is 0 Å². The highest BCUT2D eigenvalue weighted by atomic mass is 16.5. The molecule has 1 aliphatic heterocycles. The Bertz CT molecular complexity index is 1280. The summed E-state index contributed by atoms with van der Waals surface area (Å²) in [6.45, 7) is 0.649. The predicted molar refractivity (Wildman–Crippen MR) is 118 cm³/mol. The Morgan fingerprint density at radius 3 is 2.77 bits per heavy atom. The van der Waals surface area contributed by atoms with Gasteiger partial charge in [0.2, 0.25) is 0 Å². The van der Waals surface area contributed by atoms with Gasteiger partial charge in [0.05, 0.1) is 17.7 Å². The number of aromatic nitrogens is 1. The number of hydrogen-bond donors (Lipinski definition) is 1. The number of amides is 1. The molecule has 5 rings (SSSR count). The maximum atomic E-state index is 12.9. The van der Waals surface area contributed by atoms with Crippen molar-refractivity contribution >= 4 is 28.3 Å². The van der Waals surface area contributed by atoms with Gasteiger partial charge in [-0.3, -0.25) is 9.59 Å². The highest BCUT2D eigenvalue weighted by molar-refractivity contribution is 6.01. The molecule has 0 atom stereocenters. The van der Waals surface area contributed by atoms with Crippen LogP contribution in [0.25, 0.3) is 10.9 Å². The molecule has 1 amide bonds. The summed E-state index contributed by atoms with van der Waals surface area (Å²) in [5.41, 5.74) is 3.06. The first-order chi connectivity index (χ1) is 15.2. The van der Waals surface area contributed by atoms with Crippen molar-refractivity contribution in [1.82, 2.24) is 4.57 Å². The summed E-state index contributed by atoms with van der Waals surface area (Å²) < 4.78 is 13.3. The third-order valence-corrected chi connectivity index (χ3v) is 5.26. The number of anilines is 1. The first-order valence-electron chi connectivity index (χ1n) is 10.0. The molecule has 0 unspecified atom stereocenters. The summed E-state index contributed by atoms with van der Waals surface area (Å²) in [6.07, 6.45) is 1.89. The molecule has 0 saturated heterocycles. The number of Topliss-reactive ketones (excluding diaryl/α,β-unsaturated/α-hetero) is 1. The molecule has 2 heterocycles. The lowest BCUT2D eigenvalue weighted by atomic mass is 10.1. The molecule has 6 heteroatoms. The first kappa shape index (κ1) is 18.9. The zero-order valence-corrected chi connectivity index (χ0v) is 16.7. The highest BCUT2D eigenvalue weighted by Gasteiger charge is 2.18. The van der Waals surface area contributed by atoms with Crippen LogP contribution in [-0.4, -0.2) is 22.9 Å². The van der Waals surface area contributed by atoms with Gasteiger partial charge in [-0.25, -0.2) is 0 Å². The van der Waals surface area contributed by atoms with E-state index in [0.717, 1.165) is 22.2 Å². The fourth-order valence-corrected chi connectivity index (χ4v) is 3.70. The van der Waals surface area contributed by atoms with Crippen molar-refractivity contribution in [2.75, 3.05) is 11.9 Å². The molecule has 0 spiro atoms. The number of nitrogens with one attached hydrogen (secondary N) is 1. The van der Waals surface area contributed by atoms with Crippen LogP contribution >= 0.6 is 0 Å². The van der Waals surface area contributed by atoms with Crippen LogP contribution in [0.5, 0.6) is 11.5 Å². The third-order valence-electron chi connectivity index (χ3n) is 5.26. The molecule has 1 aromatic heterocycles. The van der Waals surface area contributed by atoms with Crippen molar-refractivity contribution in [1.29, 1.82) is 0 Å². The van der Waals surface area contributed by atoms with Gasteiger partial charge in [-0.1, -0.05) is 36.4 Å². The number of carbonyl (C=O) groups is 2. The number of fused-ring (bicyclic) bond motifs is 2. The van der Waals surface area contributed by atoms with E-state index in [-0.39, 0.29) is 24.8 Å². The van der Waals surface area contributed by atoms with Gasteiger partial charge in [0, 0.05) is 17.1 Å². The van der Waals surface area contributed by atoms with Crippen LogP contribution in [0.1, 0.15) is 15.9 Å². The number of hydrogen-bond acceptors (Lipinski definition) is 4. The van der Waals surface area contributed by atoms with Crippen LogP contribution in [0.15, 0.2) is 79.0 Å². The molecule has 0 bridgehead atoms. The Morgan fingerprint density at radius 1 is 1.03 bits per heavy atom. The lowest BCUT2D eigenvalue weighted by Gasteiger charge is -2.18. The van der Waals surface area contributed by atoms with Crippen molar-refractivity contribution < 1.29 is 19.1 Å². The van der Waals surface area contributed by atoms with Gasteiger partial charge in [-0.2, -0.15) is 0 Å². The van der Waals surface area contributed by atoms with E-state index in [4.69, 9.17) is 9.47 Å². The SMILES string of the molecule is O=C1COc2ccc(C(=O)Cn3ccc4c(OCc5ccccc5)cccc43)cc2N1. The van der Waals surface area contributed by atoms with E-state index in [1.807, 2.05) is 65.4 Å². The molecule has 31 heavy (non-hydrogen) atoms. The van der Waals surface area contributed by atoms with E-state index in [2.05, 4.69) is 5.32 Å². The van der Waals surface area contributed by atoms with Crippen molar-refractivity contribution in [2.24, 2.45) is 0 Å². The van der Waals surface area contributed by atoms with Crippen molar-refractivity contribution in [2.45, 2.75) is 13.2 Å². The molecule has 4 aromatic rings. The Hall–Kier alpha value is -4.06. The average Bonchev–Trinajstić information content (AvgIpc) is 3.21. The van der Waals surface area contributed by atoms with Crippen LogP contribution in [0, 0.1) is 0 Å². The molecule has 6 nitrogen and oxygen atoms in total. The van der Waals surface area contributed by atoms with Crippen LogP contribution < -0.4 is 14.8 Å². The highest BCUT2D eigenvalue weighted by Crippen LogP contribution is 2.30. The Morgan fingerprint density at radius 2 is 1.90 bits per heavy atom. The van der Waals surface area contributed by atoms with Gasteiger partial charge in [0.15, 0.2) is 12.4 Å². The number of ether oxygens (including phenoxy) is 2. The van der Waals surface area contributed by atoms with E-state index >= 15 is 0 Å². The Kier molecular flexibility index (Phi) is 4.88. The van der Waals surface area contributed by atoms with Crippen molar-refractivity contribution in [3.05, 3.63) is 90.1 Å². The van der Waals surface area contributed by atoms with Gasteiger partial charge >= 0.3 is 0 Å². The first-order valence-corrected chi connectivity index (χ1v) is 10.0. The summed E-state index contributed by atoms with van der Waals surface area (Å²) in [7, 11) is 0. The van der Waals surface area contributed by atoms with Crippen LogP contribution in [0.2, 0.25) is 0 Å². The predicted octanol–water partition coefficient (Wildman–Crippen LogP) is 4.43. The lowest BCUT2D eigenvalue weighted by Crippen LogP contribution is -2.25. The molecular formula is C25H20N2O4. The lowest BCUT2D eigenvalue weighted by molar-refractivity contribution is -0.118. The van der Waals surface area contributed by atoms with Gasteiger partial charge in [0.1, 0.15) is 18.1 Å². The van der Waals surface area contributed by atoms with Crippen molar-refractivity contribution in [3.8, 4) is 11.5 Å². The van der Waals surface area contributed by atoms with Gasteiger partial charge in [-0.05, 0) is 42.0 Å². The molecule has 0 saturated carbocycles. The van der Waals surface area contributed by atoms with Gasteiger partial charge < -0.3 is 19.4 Å². The topological polar surface area (TPSA) is 69.6 Å². The fourth-order valence-electron chi connectivity index (χ4n) is 3.70. The summed E-state index contributed by atoms with van der Waals surface area (Å²) in [4.78, 5) is 24.5. The zero-order valence-electron chi connectivity index (χ0n) is 16.7. The van der Waals surface area contributed by atoms with E-state index in [1.165, 1.54) is 0 Å². The van der Waals surface area contributed by atoms with Crippen LogP contribution in [0.3, 0.4) is 0 Å². The second-order valence-corrected chi connectivity index (χ2v) is 7.38. The fraction of sp³-hybridized carbons (Fsp3) is 0.120. The number of ketones is 1. The van der Waals surface area contributed by atoms with Gasteiger partial charge in [0.25, 0.3) is 5.91 Å². The normalized spacial score (nSPS) is 12.7. The summed E-state index contributed by atoms with van der Waals surface area (Å²) in [5, 5.41) is 3.69. The molecule has 0 fully saturated rings. The smallest absolute Gasteiger partial charge is 0.262 e. The molecule has 3 aromatic carbocycles. The maximum Gasteiger partial charge on any atom is 0.262 e. The zero-order chi connectivity index (χ0) is 21.2. The van der Waals surface area contributed by atoms with Gasteiger partial charge in [-0.15, -0.1) is 0 Å². The molecule has 0 aliphatic carbocycles. The largest absolute Gasteiger partial charge is 0.488 e. The quantitative estimate of drug-likeness (QED) is 0.476. The minimum absolute atomic E-state index is 0.00960. The minimum atomic E-state index is -0.225. The standard InChI is InChI=1S/C25H20N2O4/c28-22(18-9-10-24-20(13-18)26-25(29)16-31-24)14-27-12-11-19-21(27)7-4-8-23(19)30-15-17-5-2-1-3-6-17/h1-13H,14-16H2,(H,26,29). The molecular weight excluding hydrogens is 392 g/mol. The van der Waals surface area contributed by atoms with Crippen LogP contribution in [-0.2, 0) is 17.9 Å². The third kappa shape index (κ3) is 3.88. The molecule has 154 valence electrons. The second-order valence-electron chi connectivity index (χ2n) is 7.38. The van der Waals surface area contributed by atoms with E-state index in [9.17, 15) is 9.59 Å². The van der Waals surface area contributed by atoms with E-state index in [0.29, 0.717) is 23.6 Å². The summed E-state index contributed by atoms with van der Waals surface area (Å²) in [5.74, 6) is 1.07. The number of benzene rings is 3. The maximum absolute atomic E-state index is 12.9. The van der Waals surface area contributed by atoms with E-state index in [1.54, 1.807) is 18.2 Å². The minimum Gasteiger partial charge on any atom is -0.488 e. The summed E-state index contributed by atoms with van der Waals surface area (Å²) in [6, 6.07) is 22.9. The van der Waals surface area contributed by atoms with Crippen LogP contribution in [0.4, 0.5) is 5.69 Å². The van der Waals surface area contributed by atoms with E-state index < -0.39 is 0 Å². The molecule has 1 N–H and O–H groups in total.